The minimum atomic E-state index is -4.59. The number of quaternary nitrogens is 1. The molecule has 0 radical (unpaired) electrons. The fourth-order valence-corrected chi connectivity index (χ4v) is 10.7. The van der Waals surface area contributed by atoms with Crippen molar-refractivity contribution in [3.63, 3.8) is 0 Å². The Hall–Kier alpha value is -2.06. The van der Waals surface area contributed by atoms with Crippen molar-refractivity contribution in [1.29, 1.82) is 0 Å². The van der Waals surface area contributed by atoms with E-state index in [1.165, 1.54) is 205 Å². The number of phosphoric ester groups is 1. The summed E-state index contributed by atoms with van der Waals surface area (Å²) in [5.41, 5.74) is 0. The number of likely N-dealkylation sites (N-methyl/N-ethyl adjacent to an activating group) is 1. The van der Waals surface area contributed by atoms with Crippen LogP contribution in [-0.4, -0.2) is 68.5 Å². The summed E-state index contributed by atoms with van der Waals surface area (Å²) in [7, 11) is 1.30. The summed E-state index contributed by atoms with van der Waals surface area (Å²) in [6.07, 6.45) is 83.9. The molecule has 0 aromatic heterocycles. The minimum Gasteiger partial charge on any atom is -0.756 e. The average Bonchev–Trinajstić information content (AvgIpc) is 3.42. The third-order valence-corrected chi connectivity index (χ3v) is 16.2. The molecule has 8 nitrogen and oxygen atoms in total. The van der Waals surface area contributed by atoms with Crippen LogP contribution < -0.4 is 10.2 Å². The maximum absolute atomic E-state index is 13.0. The van der Waals surface area contributed by atoms with Gasteiger partial charge in [-0.05, 0) is 64.2 Å². The van der Waals surface area contributed by atoms with E-state index < -0.39 is 20.0 Å². The molecule has 0 aliphatic carbocycles. The van der Waals surface area contributed by atoms with Crippen LogP contribution >= 0.6 is 7.82 Å². The molecule has 0 saturated carbocycles. The first kappa shape index (κ1) is 76.9. The smallest absolute Gasteiger partial charge is 0.268 e. The minimum absolute atomic E-state index is 0.00779. The molecule has 0 fully saturated rings. The lowest BCUT2D eigenvalue weighted by Gasteiger charge is -2.30. The number of aliphatic hydroxyl groups is 1. The van der Waals surface area contributed by atoms with Gasteiger partial charge in [-0.3, -0.25) is 9.36 Å². The molecule has 0 aliphatic heterocycles. The normalized spacial score (nSPS) is 14.2. The van der Waals surface area contributed by atoms with Crippen LogP contribution in [0.15, 0.2) is 72.9 Å². The van der Waals surface area contributed by atoms with Crippen molar-refractivity contribution in [2.75, 3.05) is 40.9 Å². The SMILES string of the molecule is CC/C=C\C/C=C\C/C=C\C/C=C\C/C=C\C/C=C\CCCCCCCCCCC(=O)NC(COP(=O)([O-])OCC[N+](C)(C)C)C(O)CCCCCCCCCCCCCCCCCCCCCCCCCCCCCCCC. The van der Waals surface area contributed by atoms with E-state index in [9.17, 15) is 19.4 Å². The highest BCUT2D eigenvalue weighted by atomic mass is 31.2. The molecule has 1 amide bonds. The van der Waals surface area contributed by atoms with Crippen LogP contribution in [0.5, 0.6) is 0 Å². The molecule has 0 spiro atoms. The van der Waals surface area contributed by atoms with Crippen LogP contribution in [0.1, 0.15) is 316 Å². The van der Waals surface area contributed by atoms with Gasteiger partial charge in [0.2, 0.25) is 5.91 Å². The van der Waals surface area contributed by atoms with E-state index in [0.717, 1.165) is 83.5 Å². The number of aliphatic hydroxyl groups excluding tert-OH is 1. The van der Waals surface area contributed by atoms with E-state index in [0.29, 0.717) is 23.9 Å². The highest BCUT2D eigenvalue weighted by Crippen LogP contribution is 2.38. The van der Waals surface area contributed by atoms with Gasteiger partial charge < -0.3 is 28.8 Å². The molecule has 3 unspecified atom stereocenters. The number of carbonyl (C=O) groups is 1. The fourth-order valence-electron chi connectivity index (χ4n) is 9.99. The first-order valence-electron chi connectivity index (χ1n) is 33.8. The molecule has 0 aliphatic rings. The fraction of sp³-hybridized carbons (Fsp3) is 0.814. The van der Waals surface area contributed by atoms with Gasteiger partial charge >= 0.3 is 0 Å². The Balaban J connectivity index is 4.09. The molecule has 0 bridgehead atoms. The number of nitrogens with one attached hydrogen (secondary N) is 1. The van der Waals surface area contributed by atoms with Gasteiger partial charge in [0, 0.05) is 6.42 Å². The first-order chi connectivity index (χ1) is 38.5. The summed E-state index contributed by atoms with van der Waals surface area (Å²) in [6.45, 7) is 4.64. The molecule has 0 aromatic rings. The van der Waals surface area contributed by atoms with E-state index in [-0.39, 0.29) is 19.1 Å². The van der Waals surface area contributed by atoms with E-state index in [4.69, 9.17) is 9.05 Å². The number of allylic oxidation sites excluding steroid dienone is 12. The largest absolute Gasteiger partial charge is 0.756 e. The Morgan fingerprint density at radius 3 is 1.13 bits per heavy atom. The van der Waals surface area contributed by atoms with Crippen LogP contribution in [0.3, 0.4) is 0 Å². The Morgan fingerprint density at radius 1 is 0.456 bits per heavy atom. The maximum Gasteiger partial charge on any atom is 0.268 e. The summed E-state index contributed by atoms with van der Waals surface area (Å²) in [5.74, 6) is -0.172. The second-order valence-electron chi connectivity index (χ2n) is 24.2. The summed E-state index contributed by atoms with van der Waals surface area (Å²) in [5, 5.41) is 14.1. The Bertz CT molecular complexity index is 1520. The molecule has 2 N–H and O–H groups in total. The predicted molar refractivity (Wildman–Crippen MR) is 344 cm³/mol. The Kier molecular flexibility index (Phi) is 59.0. The predicted octanol–water partition coefficient (Wildman–Crippen LogP) is 20.8. The number of hydrogen-bond donors (Lipinski definition) is 2. The number of phosphoric acid groups is 1. The number of carbonyl (C=O) groups excluding carboxylic acids is 1. The van der Waals surface area contributed by atoms with E-state index in [1.807, 2.05) is 21.1 Å². The summed E-state index contributed by atoms with van der Waals surface area (Å²) in [6, 6.07) is -0.812. The summed E-state index contributed by atoms with van der Waals surface area (Å²) in [4.78, 5) is 25.6. The van der Waals surface area contributed by atoms with Crippen molar-refractivity contribution >= 4 is 13.7 Å². The molecular formula is C70H131N2O6P. The highest BCUT2D eigenvalue weighted by Gasteiger charge is 2.24. The molecule has 0 saturated heterocycles. The van der Waals surface area contributed by atoms with Gasteiger partial charge in [-0.15, -0.1) is 0 Å². The Labute approximate surface area is 491 Å². The lowest BCUT2D eigenvalue weighted by atomic mass is 10.0. The molecule has 0 aromatic carbocycles. The van der Waals surface area contributed by atoms with Gasteiger partial charge in [-0.25, -0.2) is 0 Å². The van der Waals surface area contributed by atoms with Crippen LogP contribution in [0.25, 0.3) is 0 Å². The van der Waals surface area contributed by atoms with Crippen molar-refractivity contribution in [2.24, 2.45) is 0 Å². The summed E-state index contributed by atoms with van der Waals surface area (Å²) >= 11 is 0. The number of nitrogens with zero attached hydrogens (tertiary/aromatic N) is 1. The van der Waals surface area contributed by atoms with Crippen LogP contribution in [0, 0.1) is 0 Å². The van der Waals surface area contributed by atoms with Crippen LogP contribution in [0.4, 0.5) is 0 Å². The van der Waals surface area contributed by atoms with E-state index in [2.05, 4.69) is 92.1 Å². The molecule has 0 rings (SSSR count). The number of unbranched alkanes of at least 4 members (excludes halogenated alkanes) is 37. The summed E-state index contributed by atoms with van der Waals surface area (Å²) < 4.78 is 23.5. The zero-order valence-corrected chi connectivity index (χ0v) is 53.7. The number of amides is 1. The molecule has 0 heterocycles. The first-order valence-corrected chi connectivity index (χ1v) is 35.2. The third-order valence-electron chi connectivity index (χ3n) is 15.2. The van der Waals surface area contributed by atoms with Crippen molar-refractivity contribution in [1.82, 2.24) is 5.32 Å². The van der Waals surface area contributed by atoms with Crippen LogP contribution in [-0.2, 0) is 18.4 Å². The van der Waals surface area contributed by atoms with Crippen molar-refractivity contribution in [3.05, 3.63) is 72.9 Å². The zero-order valence-electron chi connectivity index (χ0n) is 52.8. The third kappa shape index (κ3) is 63.4. The molecular weight excluding hydrogens is 996 g/mol. The zero-order chi connectivity index (χ0) is 57.7. The van der Waals surface area contributed by atoms with Gasteiger partial charge in [-0.1, -0.05) is 318 Å². The van der Waals surface area contributed by atoms with Gasteiger partial charge in [-0.2, -0.15) is 0 Å². The van der Waals surface area contributed by atoms with E-state index >= 15 is 0 Å². The average molecular weight is 1130 g/mol. The maximum atomic E-state index is 13.0. The van der Waals surface area contributed by atoms with Crippen molar-refractivity contribution in [2.45, 2.75) is 328 Å². The second-order valence-corrected chi connectivity index (χ2v) is 25.6. The van der Waals surface area contributed by atoms with Gasteiger partial charge in [0.1, 0.15) is 13.2 Å². The second kappa shape index (κ2) is 60.5. The molecule has 79 heavy (non-hydrogen) atoms. The lowest BCUT2D eigenvalue weighted by Crippen LogP contribution is -2.46. The van der Waals surface area contributed by atoms with Crippen LogP contribution in [0.2, 0.25) is 0 Å². The standard InChI is InChI=1S/C70H131N2O6P/c1-6-8-10-12-14-16-18-20-22-24-26-28-30-32-34-35-36-38-39-41-43-45-47-49-51-53-55-57-59-61-63-69(73)68(67-78-79(75,76)77-66-65-72(3,4)5)71-70(74)64-62-60-58-56-54-52-50-48-46-44-42-40-37-33-31-29-27-25-23-21-19-17-15-13-11-9-7-2/h9,11,15,17,21,23,27,29,33,37,42,44,68-69,73H,6-8,10,12-14,16,18-20,22,24-26,28,30-32,34-36,38-41,43,45-67H2,1-5H3,(H-,71,74,75,76)/b11-9-,17-15-,23-21-,29-27-,37-33-,44-42-. The quantitative estimate of drug-likeness (QED) is 0.0272. The van der Waals surface area contributed by atoms with Gasteiger partial charge in [0.05, 0.1) is 39.9 Å². The number of rotatable bonds is 62. The molecule has 462 valence electrons. The monoisotopic (exact) mass is 1130 g/mol. The topological polar surface area (TPSA) is 108 Å². The number of hydrogen-bond acceptors (Lipinski definition) is 6. The highest BCUT2D eigenvalue weighted by molar-refractivity contribution is 7.45. The van der Waals surface area contributed by atoms with Crippen molar-refractivity contribution < 1.29 is 32.9 Å². The lowest BCUT2D eigenvalue weighted by molar-refractivity contribution is -0.870. The Morgan fingerprint density at radius 2 is 0.772 bits per heavy atom. The van der Waals surface area contributed by atoms with Gasteiger partial charge in [0.15, 0.2) is 0 Å². The molecule has 9 heteroatoms. The van der Waals surface area contributed by atoms with Gasteiger partial charge in [0.25, 0.3) is 7.82 Å². The van der Waals surface area contributed by atoms with Crippen molar-refractivity contribution in [3.8, 4) is 0 Å². The van der Waals surface area contributed by atoms with E-state index in [1.54, 1.807) is 0 Å². The molecule has 3 atom stereocenters.